The monoisotopic (exact) mass is 467 g/mol. The van der Waals surface area contributed by atoms with Crippen molar-refractivity contribution in [3.05, 3.63) is 102 Å². The number of fused-ring (bicyclic) bond motifs is 2. The Morgan fingerprint density at radius 3 is 2.46 bits per heavy atom. The minimum absolute atomic E-state index is 0.248. The van der Waals surface area contributed by atoms with Gasteiger partial charge in [0, 0.05) is 5.56 Å². The number of hydrogen-bond acceptors (Lipinski definition) is 5. The third kappa shape index (κ3) is 3.82. The number of benzene rings is 4. The van der Waals surface area contributed by atoms with Crippen LogP contribution in [0.3, 0.4) is 0 Å². The van der Waals surface area contributed by atoms with Crippen LogP contribution in [-0.2, 0) is 16.9 Å². The molecule has 0 fully saturated rings. The molecule has 0 saturated heterocycles. The van der Waals surface area contributed by atoms with Crippen LogP contribution in [0.5, 0.6) is 11.5 Å². The standard InChI is InChI=1S/C29H25NO5/c1-34-21-14-15-27(35-2)23(16-21)26(31)17-29(33)24-12-5-6-13-25(24)30(28(29)32)18-20-10-7-9-19-8-3-4-11-22(19)20/h3-16,33H,17-18H2,1-2H3/t29-/m1/s1. The fourth-order valence-electron chi connectivity index (χ4n) is 4.79. The summed E-state index contributed by atoms with van der Waals surface area (Å²) in [6.45, 7) is 0.274. The van der Waals surface area contributed by atoms with Gasteiger partial charge in [-0.3, -0.25) is 9.59 Å². The number of aliphatic hydroxyl groups is 1. The first kappa shape index (κ1) is 22.6. The maximum Gasteiger partial charge on any atom is 0.264 e. The first-order chi connectivity index (χ1) is 17.0. The number of Topliss-reactive ketones (excluding diaryl/α,β-unsaturated/α-hetero) is 1. The van der Waals surface area contributed by atoms with Gasteiger partial charge in [-0.25, -0.2) is 0 Å². The molecule has 0 aromatic heterocycles. The fourth-order valence-corrected chi connectivity index (χ4v) is 4.79. The van der Waals surface area contributed by atoms with Crippen LogP contribution in [0, 0.1) is 0 Å². The molecular formula is C29H25NO5. The maximum absolute atomic E-state index is 13.7. The van der Waals surface area contributed by atoms with E-state index in [0.717, 1.165) is 16.3 Å². The number of para-hydroxylation sites is 1. The zero-order chi connectivity index (χ0) is 24.6. The average Bonchev–Trinajstić information content (AvgIpc) is 3.10. The van der Waals surface area contributed by atoms with E-state index in [1.54, 1.807) is 41.3 Å². The highest BCUT2D eigenvalue weighted by Gasteiger charge is 2.51. The first-order valence-electron chi connectivity index (χ1n) is 11.3. The SMILES string of the molecule is COc1ccc(OC)c(C(=O)C[C@]2(O)C(=O)N(Cc3cccc4ccccc34)c3ccccc32)c1. The van der Waals surface area contributed by atoms with Crippen LogP contribution in [0.25, 0.3) is 10.8 Å². The lowest BCUT2D eigenvalue weighted by atomic mass is 9.88. The number of rotatable bonds is 7. The van der Waals surface area contributed by atoms with Gasteiger partial charge in [-0.05, 0) is 40.6 Å². The van der Waals surface area contributed by atoms with Crippen molar-refractivity contribution in [2.75, 3.05) is 19.1 Å². The third-order valence-electron chi connectivity index (χ3n) is 6.57. The summed E-state index contributed by atoms with van der Waals surface area (Å²) in [5.74, 6) is -0.108. The zero-order valence-electron chi connectivity index (χ0n) is 19.5. The highest BCUT2D eigenvalue weighted by atomic mass is 16.5. The molecule has 0 bridgehead atoms. The minimum Gasteiger partial charge on any atom is -0.497 e. The Hall–Kier alpha value is -4.16. The maximum atomic E-state index is 13.7. The summed E-state index contributed by atoms with van der Waals surface area (Å²) in [6, 6.07) is 25.9. The number of amides is 1. The van der Waals surface area contributed by atoms with E-state index in [-0.39, 0.29) is 12.1 Å². The largest absolute Gasteiger partial charge is 0.497 e. The number of carbonyl (C=O) groups excluding carboxylic acids is 2. The van der Waals surface area contributed by atoms with Crippen molar-refractivity contribution in [1.29, 1.82) is 0 Å². The van der Waals surface area contributed by atoms with Crippen molar-refractivity contribution in [1.82, 2.24) is 0 Å². The molecule has 6 heteroatoms. The normalized spacial score (nSPS) is 16.9. The molecule has 6 nitrogen and oxygen atoms in total. The summed E-state index contributed by atoms with van der Waals surface area (Å²) in [5.41, 5.74) is 0.222. The van der Waals surface area contributed by atoms with Gasteiger partial charge in [0.25, 0.3) is 5.91 Å². The second-order valence-corrected chi connectivity index (χ2v) is 8.57. The molecule has 1 N–H and O–H groups in total. The van der Waals surface area contributed by atoms with Crippen molar-refractivity contribution in [3.8, 4) is 11.5 Å². The van der Waals surface area contributed by atoms with Crippen LogP contribution < -0.4 is 14.4 Å². The molecular weight excluding hydrogens is 442 g/mol. The smallest absolute Gasteiger partial charge is 0.264 e. The van der Waals surface area contributed by atoms with Crippen LogP contribution in [0.4, 0.5) is 5.69 Å². The van der Waals surface area contributed by atoms with Crippen molar-refractivity contribution >= 4 is 28.2 Å². The first-order valence-corrected chi connectivity index (χ1v) is 11.3. The van der Waals surface area contributed by atoms with E-state index in [4.69, 9.17) is 9.47 Å². The average molecular weight is 468 g/mol. The molecule has 0 aliphatic carbocycles. The van der Waals surface area contributed by atoms with E-state index in [1.807, 2.05) is 48.5 Å². The molecule has 1 aliphatic heterocycles. The quantitative estimate of drug-likeness (QED) is 0.393. The van der Waals surface area contributed by atoms with Gasteiger partial charge >= 0.3 is 0 Å². The molecule has 35 heavy (non-hydrogen) atoms. The Kier molecular flexibility index (Phi) is 5.75. The third-order valence-corrected chi connectivity index (χ3v) is 6.57. The Balaban J connectivity index is 1.52. The van der Waals surface area contributed by atoms with E-state index in [2.05, 4.69) is 0 Å². The lowest BCUT2D eigenvalue weighted by molar-refractivity contribution is -0.136. The number of carbonyl (C=O) groups is 2. The lowest BCUT2D eigenvalue weighted by Crippen LogP contribution is -2.41. The van der Waals surface area contributed by atoms with Gasteiger partial charge in [0.05, 0.1) is 38.4 Å². The second-order valence-electron chi connectivity index (χ2n) is 8.57. The van der Waals surface area contributed by atoms with Crippen LogP contribution >= 0.6 is 0 Å². The molecule has 0 saturated carbocycles. The van der Waals surface area contributed by atoms with Crippen LogP contribution in [0.2, 0.25) is 0 Å². The number of nitrogens with zero attached hydrogens (tertiary/aromatic N) is 1. The molecule has 1 atom stereocenters. The Labute approximate surface area is 203 Å². The molecule has 0 unspecified atom stereocenters. The van der Waals surface area contributed by atoms with Crippen molar-refractivity contribution in [3.63, 3.8) is 0 Å². The molecule has 1 aliphatic rings. The van der Waals surface area contributed by atoms with E-state index < -0.39 is 23.7 Å². The fraction of sp³-hybridized carbons (Fsp3) is 0.172. The van der Waals surface area contributed by atoms with Gasteiger partial charge in [-0.15, -0.1) is 0 Å². The van der Waals surface area contributed by atoms with Crippen molar-refractivity contribution < 1.29 is 24.2 Å². The van der Waals surface area contributed by atoms with Crippen LogP contribution in [0.15, 0.2) is 84.9 Å². The number of ether oxygens (including phenoxy) is 2. The Bertz CT molecular complexity index is 1440. The highest BCUT2D eigenvalue weighted by Crippen LogP contribution is 2.44. The summed E-state index contributed by atoms with van der Waals surface area (Å²) in [7, 11) is 2.97. The zero-order valence-corrected chi connectivity index (χ0v) is 19.5. The molecule has 176 valence electrons. The molecule has 4 aromatic carbocycles. The van der Waals surface area contributed by atoms with Gasteiger partial charge in [0.1, 0.15) is 11.5 Å². The summed E-state index contributed by atoms with van der Waals surface area (Å²) < 4.78 is 10.6. The molecule has 0 radical (unpaired) electrons. The van der Waals surface area contributed by atoms with Crippen LogP contribution in [-0.4, -0.2) is 31.0 Å². The molecule has 4 aromatic rings. The predicted octanol–water partition coefficient (Wildman–Crippen LogP) is 4.86. The lowest BCUT2D eigenvalue weighted by Gasteiger charge is -2.23. The molecule has 1 amide bonds. The van der Waals surface area contributed by atoms with Crippen LogP contribution in [0.1, 0.15) is 27.9 Å². The van der Waals surface area contributed by atoms with E-state index in [9.17, 15) is 14.7 Å². The second kappa shape index (κ2) is 8.89. The Morgan fingerprint density at radius 2 is 1.66 bits per heavy atom. The number of methoxy groups -OCH3 is 2. The summed E-state index contributed by atoms with van der Waals surface area (Å²) in [4.78, 5) is 28.7. The highest BCUT2D eigenvalue weighted by molar-refractivity contribution is 6.11. The van der Waals surface area contributed by atoms with E-state index in [1.165, 1.54) is 14.2 Å². The van der Waals surface area contributed by atoms with Crippen molar-refractivity contribution in [2.24, 2.45) is 0 Å². The van der Waals surface area contributed by atoms with E-state index in [0.29, 0.717) is 22.7 Å². The summed E-state index contributed by atoms with van der Waals surface area (Å²) in [5, 5.41) is 13.8. The molecule has 0 spiro atoms. The summed E-state index contributed by atoms with van der Waals surface area (Å²) >= 11 is 0. The number of hydrogen-bond donors (Lipinski definition) is 1. The molecule has 5 rings (SSSR count). The summed E-state index contributed by atoms with van der Waals surface area (Å²) in [6.07, 6.45) is -0.418. The number of anilines is 1. The Morgan fingerprint density at radius 1 is 0.914 bits per heavy atom. The predicted molar refractivity (Wildman–Crippen MR) is 134 cm³/mol. The van der Waals surface area contributed by atoms with Gasteiger partial charge in [0.2, 0.25) is 0 Å². The van der Waals surface area contributed by atoms with Gasteiger partial charge in [-0.2, -0.15) is 0 Å². The minimum atomic E-state index is -1.99. The topological polar surface area (TPSA) is 76.1 Å². The van der Waals surface area contributed by atoms with E-state index >= 15 is 0 Å². The van der Waals surface area contributed by atoms with Gasteiger partial charge in [-0.1, -0.05) is 60.7 Å². The van der Waals surface area contributed by atoms with Crippen molar-refractivity contribution in [2.45, 2.75) is 18.6 Å². The number of ketones is 1. The van der Waals surface area contributed by atoms with Gasteiger partial charge in [0.15, 0.2) is 11.4 Å². The molecule has 1 heterocycles. The van der Waals surface area contributed by atoms with Gasteiger partial charge < -0.3 is 19.5 Å².